The van der Waals surface area contributed by atoms with Crippen molar-refractivity contribution in [2.75, 3.05) is 0 Å². The number of rotatable bonds is 1. The average molecular weight is 269 g/mol. The molecular weight excluding hydrogens is 254 g/mol. The molecular formula is C20H15N. The van der Waals surface area contributed by atoms with E-state index in [1.165, 1.54) is 27.3 Å². The first kappa shape index (κ1) is 12.1. The van der Waals surface area contributed by atoms with E-state index >= 15 is 0 Å². The fourth-order valence-corrected chi connectivity index (χ4v) is 2.82. The van der Waals surface area contributed by atoms with Gasteiger partial charge in [-0.1, -0.05) is 66.2 Å². The molecule has 0 aliphatic heterocycles. The SMILES string of the molecule is Cc1cccc(-c2ccc3ccc4ccccc4c3n2)c1. The Morgan fingerprint density at radius 2 is 1.52 bits per heavy atom. The van der Waals surface area contributed by atoms with Crippen molar-refractivity contribution in [1.29, 1.82) is 0 Å². The van der Waals surface area contributed by atoms with Gasteiger partial charge in [-0.05, 0) is 24.4 Å². The first-order chi connectivity index (χ1) is 10.3. The summed E-state index contributed by atoms with van der Waals surface area (Å²) in [4.78, 5) is 4.91. The summed E-state index contributed by atoms with van der Waals surface area (Å²) < 4.78 is 0. The highest BCUT2D eigenvalue weighted by atomic mass is 14.7. The molecule has 0 aliphatic carbocycles. The highest BCUT2D eigenvalue weighted by Gasteiger charge is 2.05. The van der Waals surface area contributed by atoms with E-state index in [4.69, 9.17) is 4.98 Å². The Bertz CT molecular complexity index is 954. The summed E-state index contributed by atoms with van der Waals surface area (Å²) in [6, 6.07) is 25.5. The molecule has 0 spiro atoms. The van der Waals surface area contributed by atoms with Crippen LogP contribution in [0, 0.1) is 6.92 Å². The molecule has 1 nitrogen and oxygen atoms in total. The van der Waals surface area contributed by atoms with E-state index in [1.807, 2.05) is 0 Å². The van der Waals surface area contributed by atoms with Crippen LogP contribution in [-0.4, -0.2) is 4.98 Å². The predicted octanol–water partition coefficient (Wildman–Crippen LogP) is 5.36. The summed E-state index contributed by atoms with van der Waals surface area (Å²) in [7, 11) is 0. The topological polar surface area (TPSA) is 12.9 Å². The van der Waals surface area contributed by atoms with Gasteiger partial charge in [0.1, 0.15) is 0 Å². The Labute approximate surface area is 123 Å². The van der Waals surface area contributed by atoms with Crippen LogP contribution in [0.15, 0.2) is 72.8 Å². The fraction of sp³-hybridized carbons (Fsp3) is 0.0500. The molecule has 0 atom stereocenters. The number of hydrogen-bond donors (Lipinski definition) is 0. The Morgan fingerprint density at radius 1 is 0.714 bits per heavy atom. The zero-order valence-electron chi connectivity index (χ0n) is 11.9. The van der Waals surface area contributed by atoms with Crippen LogP contribution in [0.25, 0.3) is 32.9 Å². The van der Waals surface area contributed by atoms with Gasteiger partial charge in [-0.2, -0.15) is 0 Å². The summed E-state index contributed by atoms with van der Waals surface area (Å²) in [5.74, 6) is 0. The molecule has 21 heavy (non-hydrogen) atoms. The van der Waals surface area contributed by atoms with Crippen molar-refractivity contribution in [2.45, 2.75) is 6.92 Å². The van der Waals surface area contributed by atoms with Crippen molar-refractivity contribution in [3.8, 4) is 11.3 Å². The monoisotopic (exact) mass is 269 g/mol. The Hall–Kier alpha value is -2.67. The number of hydrogen-bond acceptors (Lipinski definition) is 1. The van der Waals surface area contributed by atoms with Gasteiger partial charge in [-0.15, -0.1) is 0 Å². The summed E-state index contributed by atoms with van der Waals surface area (Å²) in [6.45, 7) is 2.11. The molecule has 4 aromatic rings. The third-order valence-electron chi connectivity index (χ3n) is 3.90. The normalized spacial score (nSPS) is 11.1. The lowest BCUT2D eigenvalue weighted by Crippen LogP contribution is -1.87. The third-order valence-corrected chi connectivity index (χ3v) is 3.90. The predicted molar refractivity (Wildman–Crippen MR) is 89.4 cm³/mol. The van der Waals surface area contributed by atoms with Gasteiger partial charge in [-0.3, -0.25) is 0 Å². The lowest BCUT2D eigenvalue weighted by atomic mass is 10.0. The van der Waals surface area contributed by atoms with E-state index in [0.29, 0.717) is 0 Å². The highest BCUT2D eigenvalue weighted by Crippen LogP contribution is 2.27. The number of fused-ring (bicyclic) bond motifs is 3. The summed E-state index contributed by atoms with van der Waals surface area (Å²) in [5.41, 5.74) is 4.53. The lowest BCUT2D eigenvalue weighted by molar-refractivity contribution is 1.39. The van der Waals surface area contributed by atoms with Crippen LogP contribution < -0.4 is 0 Å². The molecule has 3 aromatic carbocycles. The van der Waals surface area contributed by atoms with E-state index in [9.17, 15) is 0 Å². The van der Waals surface area contributed by atoms with Gasteiger partial charge in [-0.25, -0.2) is 4.98 Å². The van der Waals surface area contributed by atoms with E-state index in [-0.39, 0.29) is 0 Å². The second-order valence-corrected chi connectivity index (χ2v) is 5.42. The average Bonchev–Trinajstić information content (AvgIpc) is 2.54. The molecule has 0 bridgehead atoms. The Balaban J connectivity index is 2.02. The van der Waals surface area contributed by atoms with Crippen molar-refractivity contribution in [2.24, 2.45) is 0 Å². The first-order valence-electron chi connectivity index (χ1n) is 7.17. The van der Waals surface area contributed by atoms with Crippen LogP contribution in [0.1, 0.15) is 5.56 Å². The van der Waals surface area contributed by atoms with Crippen molar-refractivity contribution >= 4 is 21.7 Å². The van der Waals surface area contributed by atoms with E-state index in [1.54, 1.807) is 0 Å². The van der Waals surface area contributed by atoms with E-state index in [0.717, 1.165) is 11.2 Å². The van der Waals surface area contributed by atoms with Crippen molar-refractivity contribution in [3.05, 3.63) is 78.4 Å². The molecule has 100 valence electrons. The van der Waals surface area contributed by atoms with Gasteiger partial charge in [0.15, 0.2) is 0 Å². The van der Waals surface area contributed by atoms with Gasteiger partial charge in [0.25, 0.3) is 0 Å². The molecule has 0 unspecified atom stereocenters. The summed E-state index contributed by atoms with van der Waals surface area (Å²) in [6.07, 6.45) is 0. The Kier molecular flexibility index (Phi) is 2.71. The zero-order valence-corrected chi connectivity index (χ0v) is 11.9. The van der Waals surface area contributed by atoms with Crippen molar-refractivity contribution < 1.29 is 0 Å². The van der Waals surface area contributed by atoms with Gasteiger partial charge < -0.3 is 0 Å². The second kappa shape index (κ2) is 4.71. The maximum Gasteiger partial charge on any atom is 0.0787 e. The summed E-state index contributed by atoms with van der Waals surface area (Å²) in [5, 5.41) is 3.63. The molecule has 0 N–H and O–H groups in total. The van der Waals surface area contributed by atoms with Crippen molar-refractivity contribution in [3.63, 3.8) is 0 Å². The fourth-order valence-electron chi connectivity index (χ4n) is 2.82. The van der Waals surface area contributed by atoms with Crippen LogP contribution in [0.3, 0.4) is 0 Å². The van der Waals surface area contributed by atoms with Crippen LogP contribution >= 0.6 is 0 Å². The van der Waals surface area contributed by atoms with Crippen LogP contribution in [0.4, 0.5) is 0 Å². The third kappa shape index (κ3) is 2.07. The van der Waals surface area contributed by atoms with Crippen LogP contribution in [-0.2, 0) is 0 Å². The molecule has 0 amide bonds. The first-order valence-corrected chi connectivity index (χ1v) is 7.17. The minimum atomic E-state index is 1.03. The molecule has 4 rings (SSSR count). The number of aromatic nitrogens is 1. The van der Waals surface area contributed by atoms with E-state index in [2.05, 4.69) is 79.7 Å². The molecule has 1 heterocycles. The maximum absolute atomic E-state index is 4.91. The lowest BCUT2D eigenvalue weighted by Gasteiger charge is -2.07. The number of aryl methyl sites for hydroxylation is 1. The maximum atomic E-state index is 4.91. The van der Waals surface area contributed by atoms with Gasteiger partial charge in [0.2, 0.25) is 0 Å². The zero-order chi connectivity index (χ0) is 14.2. The van der Waals surface area contributed by atoms with Crippen molar-refractivity contribution in [1.82, 2.24) is 4.98 Å². The summed E-state index contributed by atoms with van der Waals surface area (Å²) >= 11 is 0. The van der Waals surface area contributed by atoms with Gasteiger partial charge in [0, 0.05) is 16.3 Å². The van der Waals surface area contributed by atoms with Gasteiger partial charge >= 0.3 is 0 Å². The number of benzene rings is 3. The van der Waals surface area contributed by atoms with Crippen LogP contribution in [0.5, 0.6) is 0 Å². The van der Waals surface area contributed by atoms with E-state index < -0.39 is 0 Å². The molecule has 1 heteroatoms. The molecule has 0 radical (unpaired) electrons. The largest absolute Gasteiger partial charge is 0.247 e. The minimum absolute atomic E-state index is 1.03. The molecule has 0 fully saturated rings. The van der Waals surface area contributed by atoms with Gasteiger partial charge in [0.05, 0.1) is 11.2 Å². The smallest absolute Gasteiger partial charge is 0.0787 e. The number of nitrogens with zero attached hydrogens (tertiary/aromatic N) is 1. The molecule has 0 saturated heterocycles. The Morgan fingerprint density at radius 3 is 2.43 bits per heavy atom. The minimum Gasteiger partial charge on any atom is -0.247 e. The standard InChI is InChI=1S/C20H15N/c1-14-5-4-7-17(13-14)19-12-11-16-10-9-15-6-2-3-8-18(15)20(16)21-19/h2-13H,1H3. The molecule has 1 aromatic heterocycles. The molecule has 0 saturated carbocycles. The molecule has 0 aliphatic rings. The quantitative estimate of drug-likeness (QED) is 0.424. The highest BCUT2D eigenvalue weighted by molar-refractivity contribution is 6.05. The number of pyridine rings is 1. The van der Waals surface area contributed by atoms with Crippen LogP contribution in [0.2, 0.25) is 0 Å². The second-order valence-electron chi connectivity index (χ2n) is 5.42.